The highest BCUT2D eigenvalue weighted by Gasteiger charge is 2.29. The van der Waals surface area contributed by atoms with Crippen molar-refractivity contribution in [1.82, 2.24) is 10.2 Å². The minimum Gasteiger partial charge on any atom is -0.508 e. The van der Waals surface area contributed by atoms with Crippen LogP contribution in [0.4, 0.5) is 0 Å². The number of piperazine rings is 1. The van der Waals surface area contributed by atoms with Gasteiger partial charge >= 0.3 is 0 Å². The number of hydrogen-bond donors (Lipinski definition) is 3. The van der Waals surface area contributed by atoms with Crippen molar-refractivity contribution in [3.63, 3.8) is 0 Å². The first-order chi connectivity index (χ1) is 9.45. The Morgan fingerprint density at radius 2 is 1.80 bits per heavy atom. The summed E-state index contributed by atoms with van der Waals surface area (Å²) in [6.07, 6.45) is 0.269. The third kappa shape index (κ3) is 3.33. The lowest BCUT2D eigenvalue weighted by molar-refractivity contribution is -0.146. The van der Waals surface area contributed by atoms with E-state index in [4.69, 9.17) is 5.73 Å². The number of nitrogens with one attached hydrogen (secondary N) is 1. The minimum atomic E-state index is -0.835. The normalized spacial score (nSPS) is 16.8. The molecule has 0 radical (unpaired) electrons. The molecule has 1 fully saturated rings. The predicted molar refractivity (Wildman–Crippen MR) is 69.5 cm³/mol. The van der Waals surface area contributed by atoms with Crippen LogP contribution in [-0.4, -0.2) is 46.9 Å². The van der Waals surface area contributed by atoms with E-state index in [1.165, 1.54) is 12.1 Å². The van der Waals surface area contributed by atoms with Crippen molar-refractivity contribution in [1.29, 1.82) is 0 Å². The van der Waals surface area contributed by atoms with Crippen LogP contribution in [0.15, 0.2) is 24.3 Å². The van der Waals surface area contributed by atoms with Crippen LogP contribution in [0, 0.1) is 0 Å². The second-order valence-corrected chi connectivity index (χ2v) is 4.64. The maximum absolute atomic E-state index is 12.1. The molecule has 1 aliphatic rings. The van der Waals surface area contributed by atoms with Crippen LogP contribution < -0.4 is 11.1 Å². The zero-order valence-corrected chi connectivity index (χ0v) is 10.7. The zero-order valence-electron chi connectivity index (χ0n) is 10.7. The molecule has 1 aromatic rings. The van der Waals surface area contributed by atoms with E-state index in [0.29, 0.717) is 0 Å². The number of rotatable bonds is 3. The molecule has 0 aromatic heterocycles. The number of phenolic OH excluding ortho intramolecular Hbond substituents is 1. The maximum atomic E-state index is 12.1. The van der Waals surface area contributed by atoms with Crippen LogP contribution >= 0.6 is 0 Å². The van der Waals surface area contributed by atoms with Crippen LogP contribution in [0.3, 0.4) is 0 Å². The van der Waals surface area contributed by atoms with Gasteiger partial charge in [-0.15, -0.1) is 0 Å². The number of phenols is 1. The summed E-state index contributed by atoms with van der Waals surface area (Å²) < 4.78 is 0. The van der Waals surface area contributed by atoms with Crippen LogP contribution in [0.5, 0.6) is 5.75 Å². The Kier molecular flexibility index (Phi) is 3.99. The molecule has 20 heavy (non-hydrogen) atoms. The molecule has 0 bridgehead atoms. The highest BCUT2D eigenvalue weighted by molar-refractivity contribution is 6.03. The van der Waals surface area contributed by atoms with Gasteiger partial charge in [0.25, 0.3) is 0 Å². The Morgan fingerprint density at radius 1 is 1.25 bits per heavy atom. The number of nitrogens with two attached hydrogens (primary N) is 1. The fourth-order valence-corrected chi connectivity index (χ4v) is 2.00. The molecule has 2 rings (SSSR count). The number of amides is 3. The van der Waals surface area contributed by atoms with Gasteiger partial charge in [0.2, 0.25) is 17.7 Å². The van der Waals surface area contributed by atoms with Crippen LogP contribution in [0.2, 0.25) is 0 Å². The van der Waals surface area contributed by atoms with Gasteiger partial charge in [0.1, 0.15) is 18.8 Å². The van der Waals surface area contributed by atoms with E-state index in [9.17, 15) is 19.5 Å². The molecular formula is C13H15N3O4. The smallest absolute Gasteiger partial charge is 0.246 e. The van der Waals surface area contributed by atoms with Gasteiger partial charge in [-0.3, -0.25) is 19.7 Å². The lowest BCUT2D eigenvalue weighted by Gasteiger charge is -2.27. The lowest BCUT2D eigenvalue weighted by Crippen LogP contribution is -2.57. The summed E-state index contributed by atoms with van der Waals surface area (Å²) in [4.78, 5) is 35.6. The van der Waals surface area contributed by atoms with Crippen molar-refractivity contribution < 1.29 is 19.5 Å². The Hall–Kier alpha value is -2.41. The molecule has 1 heterocycles. The second-order valence-electron chi connectivity index (χ2n) is 4.64. The molecule has 0 saturated carbocycles. The van der Waals surface area contributed by atoms with E-state index < -0.39 is 23.8 Å². The molecule has 106 valence electrons. The minimum absolute atomic E-state index is 0.131. The van der Waals surface area contributed by atoms with E-state index in [1.54, 1.807) is 12.1 Å². The van der Waals surface area contributed by atoms with Crippen LogP contribution in [0.25, 0.3) is 0 Å². The molecule has 7 heteroatoms. The number of imide groups is 1. The SMILES string of the molecule is N[C@H](Cc1ccc(O)cc1)C(=O)N1CC(=O)NC(=O)C1. The lowest BCUT2D eigenvalue weighted by atomic mass is 10.1. The second kappa shape index (κ2) is 5.70. The summed E-state index contributed by atoms with van der Waals surface area (Å²) >= 11 is 0. The van der Waals surface area contributed by atoms with Crippen molar-refractivity contribution in [2.75, 3.05) is 13.1 Å². The molecular weight excluding hydrogens is 262 g/mol. The van der Waals surface area contributed by atoms with E-state index >= 15 is 0 Å². The molecule has 1 saturated heterocycles. The monoisotopic (exact) mass is 277 g/mol. The average Bonchev–Trinajstić information content (AvgIpc) is 2.39. The Bertz CT molecular complexity index is 525. The topological polar surface area (TPSA) is 113 Å². The zero-order chi connectivity index (χ0) is 14.7. The average molecular weight is 277 g/mol. The van der Waals surface area contributed by atoms with Crippen molar-refractivity contribution in [2.45, 2.75) is 12.5 Å². The van der Waals surface area contributed by atoms with Gasteiger partial charge < -0.3 is 15.7 Å². The largest absolute Gasteiger partial charge is 0.508 e. The number of nitrogens with zero attached hydrogens (tertiary/aromatic N) is 1. The highest BCUT2D eigenvalue weighted by atomic mass is 16.3. The number of benzene rings is 1. The van der Waals surface area contributed by atoms with Gasteiger partial charge in [-0.05, 0) is 24.1 Å². The van der Waals surface area contributed by atoms with E-state index in [1.807, 2.05) is 0 Å². The van der Waals surface area contributed by atoms with E-state index in [2.05, 4.69) is 5.32 Å². The number of aromatic hydroxyl groups is 1. The van der Waals surface area contributed by atoms with Gasteiger partial charge in [-0.1, -0.05) is 12.1 Å². The summed E-state index contributed by atoms with van der Waals surface area (Å²) in [7, 11) is 0. The first kappa shape index (κ1) is 14.0. The first-order valence-electron chi connectivity index (χ1n) is 6.10. The molecule has 1 aromatic carbocycles. The van der Waals surface area contributed by atoms with Gasteiger partial charge in [0.15, 0.2) is 0 Å². The summed E-state index contributed by atoms with van der Waals surface area (Å²) in [6.45, 7) is -0.318. The highest BCUT2D eigenvalue weighted by Crippen LogP contribution is 2.11. The molecule has 0 spiro atoms. The summed E-state index contributed by atoms with van der Waals surface area (Å²) in [5, 5.41) is 11.3. The molecule has 1 aliphatic heterocycles. The molecule has 3 amide bonds. The summed E-state index contributed by atoms with van der Waals surface area (Å²) in [5.41, 5.74) is 6.60. The number of carbonyl (C=O) groups excluding carboxylic acids is 3. The van der Waals surface area contributed by atoms with Gasteiger partial charge in [0.05, 0.1) is 6.04 Å². The van der Waals surface area contributed by atoms with Crippen molar-refractivity contribution in [2.24, 2.45) is 5.73 Å². The third-order valence-corrected chi connectivity index (χ3v) is 2.97. The van der Waals surface area contributed by atoms with Crippen LogP contribution in [0.1, 0.15) is 5.56 Å². The summed E-state index contributed by atoms with van der Waals surface area (Å²) in [5.74, 6) is -1.33. The molecule has 4 N–H and O–H groups in total. The van der Waals surface area contributed by atoms with Crippen molar-refractivity contribution in [3.8, 4) is 5.75 Å². The number of hydrogen-bond acceptors (Lipinski definition) is 5. The fraction of sp³-hybridized carbons (Fsp3) is 0.308. The predicted octanol–water partition coefficient (Wildman–Crippen LogP) is -1.25. The summed E-state index contributed by atoms with van der Waals surface area (Å²) in [6, 6.07) is 5.50. The maximum Gasteiger partial charge on any atom is 0.246 e. The Balaban J connectivity index is 1.99. The standard InChI is InChI=1S/C13H15N3O4/c14-10(5-8-1-3-9(17)4-2-8)13(20)16-6-11(18)15-12(19)7-16/h1-4,10,17H,5-7,14H2,(H,15,18,19)/t10-/m1/s1. The molecule has 0 aliphatic carbocycles. The van der Waals surface area contributed by atoms with Gasteiger partial charge in [0, 0.05) is 0 Å². The third-order valence-electron chi connectivity index (χ3n) is 2.97. The first-order valence-corrected chi connectivity index (χ1v) is 6.10. The van der Waals surface area contributed by atoms with E-state index in [0.717, 1.165) is 10.5 Å². The molecule has 1 atom stereocenters. The Morgan fingerprint density at radius 3 is 2.35 bits per heavy atom. The fourth-order valence-electron chi connectivity index (χ4n) is 2.00. The quantitative estimate of drug-likeness (QED) is 0.597. The van der Waals surface area contributed by atoms with Gasteiger partial charge in [-0.2, -0.15) is 0 Å². The van der Waals surface area contributed by atoms with Crippen molar-refractivity contribution >= 4 is 17.7 Å². The number of carbonyl (C=O) groups is 3. The molecule has 0 unspecified atom stereocenters. The molecule has 7 nitrogen and oxygen atoms in total. The van der Waals surface area contributed by atoms with Crippen molar-refractivity contribution in [3.05, 3.63) is 29.8 Å². The van der Waals surface area contributed by atoms with Gasteiger partial charge in [-0.25, -0.2) is 0 Å². The van der Waals surface area contributed by atoms with E-state index in [-0.39, 0.29) is 25.3 Å². The Labute approximate surface area is 115 Å². The van der Waals surface area contributed by atoms with Crippen LogP contribution in [-0.2, 0) is 20.8 Å².